The smallest absolute Gasteiger partial charge is 0.123 e. The summed E-state index contributed by atoms with van der Waals surface area (Å²) in [6.45, 7) is 0.837. The van der Waals surface area contributed by atoms with E-state index in [0.717, 1.165) is 25.1 Å². The van der Waals surface area contributed by atoms with Gasteiger partial charge >= 0.3 is 0 Å². The zero-order valence-electron chi connectivity index (χ0n) is 11.3. The maximum Gasteiger partial charge on any atom is 0.123 e. The van der Waals surface area contributed by atoms with E-state index in [-0.39, 0.29) is 6.04 Å². The molecule has 0 spiro atoms. The fourth-order valence-corrected chi connectivity index (χ4v) is 2.91. The lowest BCUT2D eigenvalue weighted by Gasteiger charge is -2.17. The Bertz CT molecular complexity index is 574. The summed E-state index contributed by atoms with van der Waals surface area (Å²) in [4.78, 5) is 0. The van der Waals surface area contributed by atoms with Crippen LogP contribution >= 0.6 is 0 Å². The van der Waals surface area contributed by atoms with Gasteiger partial charge in [-0.25, -0.2) is 0 Å². The van der Waals surface area contributed by atoms with Gasteiger partial charge in [0.25, 0.3) is 0 Å². The van der Waals surface area contributed by atoms with Gasteiger partial charge in [0.1, 0.15) is 5.75 Å². The van der Waals surface area contributed by atoms with E-state index in [9.17, 15) is 0 Å². The molecule has 1 aromatic carbocycles. The van der Waals surface area contributed by atoms with Crippen molar-refractivity contribution in [3.63, 3.8) is 0 Å². The minimum absolute atomic E-state index is 0.211. The SMILES string of the molecule is COc1ccccc1Cn1cc2c(c1)C(N)CCC2. The van der Waals surface area contributed by atoms with Crippen LogP contribution in [0.25, 0.3) is 0 Å². The Balaban J connectivity index is 1.88. The molecule has 3 nitrogen and oxygen atoms in total. The van der Waals surface area contributed by atoms with Crippen LogP contribution in [-0.4, -0.2) is 11.7 Å². The summed E-state index contributed by atoms with van der Waals surface area (Å²) in [6, 6.07) is 8.37. The van der Waals surface area contributed by atoms with E-state index >= 15 is 0 Å². The first-order valence-corrected chi connectivity index (χ1v) is 6.84. The Kier molecular flexibility index (Phi) is 3.30. The molecule has 3 rings (SSSR count). The van der Waals surface area contributed by atoms with E-state index in [1.807, 2.05) is 18.2 Å². The molecule has 2 aromatic rings. The van der Waals surface area contributed by atoms with Gasteiger partial charge in [0.05, 0.1) is 13.7 Å². The standard InChI is InChI=1S/C16H20N2O/c1-19-16-8-3-2-5-13(16)10-18-9-12-6-4-7-15(17)14(12)11-18/h2-3,5,8-9,11,15H,4,6-7,10,17H2,1H3. The van der Waals surface area contributed by atoms with Crippen molar-refractivity contribution in [3.8, 4) is 5.75 Å². The van der Waals surface area contributed by atoms with Gasteiger partial charge in [-0.05, 0) is 36.5 Å². The summed E-state index contributed by atoms with van der Waals surface area (Å²) in [5, 5.41) is 0. The van der Waals surface area contributed by atoms with Crippen molar-refractivity contribution in [2.45, 2.75) is 31.8 Å². The van der Waals surface area contributed by atoms with Gasteiger partial charge in [0.15, 0.2) is 0 Å². The number of nitrogens with zero attached hydrogens (tertiary/aromatic N) is 1. The molecule has 1 aliphatic rings. The van der Waals surface area contributed by atoms with Crippen LogP contribution < -0.4 is 10.5 Å². The van der Waals surface area contributed by atoms with Crippen molar-refractivity contribution in [1.82, 2.24) is 4.57 Å². The average molecular weight is 256 g/mol. The predicted octanol–water partition coefficient (Wildman–Crippen LogP) is 2.88. The molecule has 0 radical (unpaired) electrons. The van der Waals surface area contributed by atoms with Crippen molar-refractivity contribution < 1.29 is 4.74 Å². The maximum absolute atomic E-state index is 6.17. The third kappa shape index (κ3) is 2.38. The van der Waals surface area contributed by atoms with Crippen LogP contribution in [0.2, 0.25) is 0 Å². The quantitative estimate of drug-likeness (QED) is 0.917. The highest BCUT2D eigenvalue weighted by Gasteiger charge is 2.18. The number of methoxy groups -OCH3 is 1. The van der Waals surface area contributed by atoms with Crippen LogP contribution in [0, 0.1) is 0 Å². The molecule has 0 amide bonds. The van der Waals surface area contributed by atoms with E-state index in [2.05, 4.69) is 23.0 Å². The first-order valence-electron chi connectivity index (χ1n) is 6.84. The number of hydrogen-bond acceptors (Lipinski definition) is 2. The van der Waals surface area contributed by atoms with E-state index in [4.69, 9.17) is 10.5 Å². The van der Waals surface area contributed by atoms with Gasteiger partial charge in [-0.15, -0.1) is 0 Å². The molecule has 1 aromatic heterocycles. The van der Waals surface area contributed by atoms with E-state index in [1.54, 1.807) is 7.11 Å². The fourth-order valence-electron chi connectivity index (χ4n) is 2.91. The van der Waals surface area contributed by atoms with Gasteiger partial charge in [-0.1, -0.05) is 18.2 Å². The van der Waals surface area contributed by atoms with E-state index in [0.29, 0.717) is 0 Å². The second-order valence-corrected chi connectivity index (χ2v) is 5.22. The number of aromatic nitrogens is 1. The maximum atomic E-state index is 6.17. The molecule has 0 aliphatic heterocycles. The molecule has 100 valence electrons. The molecule has 19 heavy (non-hydrogen) atoms. The molecule has 0 bridgehead atoms. The van der Waals surface area contributed by atoms with Crippen LogP contribution in [0.15, 0.2) is 36.7 Å². The van der Waals surface area contributed by atoms with Crippen LogP contribution in [0.1, 0.15) is 35.6 Å². The summed E-state index contributed by atoms with van der Waals surface area (Å²) in [5.74, 6) is 0.943. The minimum atomic E-state index is 0.211. The van der Waals surface area contributed by atoms with E-state index < -0.39 is 0 Å². The number of aryl methyl sites for hydroxylation is 1. The Labute approximate surface area is 114 Å². The molecule has 1 atom stereocenters. The van der Waals surface area contributed by atoms with Crippen molar-refractivity contribution in [2.24, 2.45) is 5.73 Å². The number of para-hydroxylation sites is 1. The number of fused-ring (bicyclic) bond motifs is 1. The Morgan fingerprint density at radius 3 is 2.95 bits per heavy atom. The van der Waals surface area contributed by atoms with Crippen LogP contribution in [0.3, 0.4) is 0 Å². The number of hydrogen-bond donors (Lipinski definition) is 1. The van der Waals surface area contributed by atoms with Crippen molar-refractivity contribution in [2.75, 3.05) is 7.11 Å². The highest BCUT2D eigenvalue weighted by Crippen LogP contribution is 2.29. The second-order valence-electron chi connectivity index (χ2n) is 5.22. The minimum Gasteiger partial charge on any atom is -0.496 e. The lowest BCUT2D eigenvalue weighted by atomic mass is 9.92. The number of rotatable bonds is 3. The van der Waals surface area contributed by atoms with Gasteiger partial charge in [0, 0.05) is 24.0 Å². The molecule has 1 heterocycles. The summed E-state index contributed by atoms with van der Waals surface area (Å²) < 4.78 is 7.63. The molecule has 3 heteroatoms. The van der Waals surface area contributed by atoms with Gasteiger partial charge in [-0.3, -0.25) is 0 Å². The Morgan fingerprint density at radius 1 is 1.32 bits per heavy atom. The number of ether oxygens (including phenoxy) is 1. The second kappa shape index (κ2) is 5.10. The first-order chi connectivity index (χ1) is 9.28. The van der Waals surface area contributed by atoms with Gasteiger partial charge in [0.2, 0.25) is 0 Å². The number of benzene rings is 1. The monoisotopic (exact) mass is 256 g/mol. The van der Waals surface area contributed by atoms with Crippen molar-refractivity contribution in [3.05, 3.63) is 53.3 Å². The first kappa shape index (κ1) is 12.3. The zero-order chi connectivity index (χ0) is 13.2. The average Bonchev–Trinajstić information content (AvgIpc) is 2.83. The van der Waals surface area contributed by atoms with Crippen LogP contribution in [0.4, 0.5) is 0 Å². The molecule has 0 saturated heterocycles. The highest BCUT2D eigenvalue weighted by atomic mass is 16.5. The Morgan fingerprint density at radius 2 is 2.16 bits per heavy atom. The zero-order valence-corrected chi connectivity index (χ0v) is 11.3. The molecular weight excluding hydrogens is 236 g/mol. The normalized spacial score (nSPS) is 18.1. The molecule has 2 N–H and O–H groups in total. The third-order valence-corrected chi connectivity index (χ3v) is 3.90. The Hall–Kier alpha value is -1.74. The van der Waals surface area contributed by atoms with E-state index in [1.165, 1.54) is 23.1 Å². The van der Waals surface area contributed by atoms with Crippen molar-refractivity contribution >= 4 is 0 Å². The summed E-state index contributed by atoms with van der Waals surface area (Å²) in [7, 11) is 1.72. The van der Waals surface area contributed by atoms with Gasteiger partial charge < -0.3 is 15.0 Å². The third-order valence-electron chi connectivity index (χ3n) is 3.90. The molecule has 1 unspecified atom stereocenters. The highest BCUT2D eigenvalue weighted by molar-refractivity contribution is 5.35. The fraction of sp³-hybridized carbons (Fsp3) is 0.375. The van der Waals surface area contributed by atoms with Crippen molar-refractivity contribution in [1.29, 1.82) is 0 Å². The van der Waals surface area contributed by atoms with Crippen LogP contribution in [0.5, 0.6) is 5.75 Å². The lowest BCUT2D eigenvalue weighted by Crippen LogP contribution is -2.15. The molecular formula is C16H20N2O. The summed E-state index contributed by atoms with van der Waals surface area (Å²) >= 11 is 0. The summed E-state index contributed by atoms with van der Waals surface area (Å²) in [6.07, 6.45) is 7.90. The number of nitrogens with two attached hydrogens (primary N) is 1. The largest absolute Gasteiger partial charge is 0.496 e. The molecule has 0 saturated carbocycles. The molecule has 0 fully saturated rings. The van der Waals surface area contributed by atoms with Gasteiger partial charge in [-0.2, -0.15) is 0 Å². The van der Waals surface area contributed by atoms with Crippen LogP contribution in [-0.2, 0) is 13.0 Å². The topological polar surface area (TPSA) is 40.2 Å². The lowest BCUT2D eigenvalue weighted by molar-refractivity contribution is 0.408. The predicted molar refractivity (Wildman–Crippen MR) is 76.4 cm³/mol. The molecule has 1 aliphatic carbocycles. The summed E-state index contributed by atoms with van der Waals surface area (Å²) in [5.41, 5.74) is 10.1.